The molecule has 2 rings (SSSR count). The summed E-state index contributed by atoms with van der Waals surface area (Å²) in [5, 5.41) is 3.43. The molecule has 20 heavy (non-hydrogen) atoms. The molecule has 0 saturated heterocycles. The summed E-state index contributed by atoms with van der Waals surface area (Å²) in [6.45, 7) is 5.20. The van der Waals surface area contributed by atoms with Crippen LogP contribution in [-0.2, 0) is 0 Å². The van der Waals surface area contributed by atoms with Crippen LogP contribution in [0.25, 0.3) is 0 Å². The van der Waals surface area contributed by atoms with Crippen molar-refractivity contribution < 1.29 is 9.13 Å². The van der Waals surface area contributed by atoms with Crippen LogP contribution in [0, 0.1) is 5.82 Å². The van der Waals surface area contributed by atoms with Gasteiger partial charge < -0.3 is 10.1 Å². The number of hydrogen-bond donors (Lipinski definition) is 1. The molecule has 1 unspecified atom stereocenters. The number of rotatable bonds is 6. The zero-order chi connectivity index (χ0) is 14.4. The lowest BCUT2D eigenvalue weighted by Crippen LogP contribution is -2.19. The summed E-state index contributed by atoms with van der Waals surface area (Å²) in [5.41, 5.74) is 1.24. The molecule has 0 saturated carbocycles. The van der Waals surface area contributed by atoms with Gasteiger partial charge in [0.1, 0.15) is 17.3 Å². The Morgan fingerprint density at radius 2 is 1.80 bits per heavy atom. The molecule has 106 valence electrons. The molecule has 0 aromatic heterocycles. The van der Waals surface area contributed by atoms with Crippen LogP contribution in [0.4, 0.5) is 4.39 Å². The normalized spacial score (nSPS) is 12.2. The average molecular weight is 273 g/mol. The number of nitrogens with one attached hydrogen (secondary N) is 1. The minimum Gasteiger partial charge on any atom is -0.457 e. The molecule has 0 spiro atoms. The SMILES string of the molecule is CCNC(CC)c1ccc(Oc2cccc(F)c2)cc1. The maximum Gasteiger partial charge on any atom is 0.130 e. The summed E-state index contributed by atoms with van der Waals surface area (Å²) < 4.78 is 18.7. The van der Waals surface area contributed by atoms with Crippen molar-refractivity contribution in [3.63, 3.8) is 0 Å². The molecule has 1 atom stereocenters. The Kier molecular flexibility index (Phi) is 5.13. The summed E-state index contributed by atoms with van der Waals surface area (Å²) in [6, 6.07) is 14.4. The largest absolute Gasteiger partial charge is 0.457 e. The van der Waals surface area contributed by atoms with E-state index in [0.29, 0.717) is 17.5 Å². The summed E-state index contributed by atoms with van der Waals surface area (Å²) >= 11 is 0. The van der Waals surface area contributed by atoms with Crippen LogP contribution in [-0.4, -0.2) is 6.54 Å². The quantitative estimate of drug-likeness (QED) is 0.825. The van der Waals surface area contributed by atoms with Crippen LogP contribution >= 0.6 is 0 Å². The molecule has 2 nitrogen and oxygen atoms in total. The molecule has 0 heterocycles. The first-order valence-electron chi connectivity index (χ1n) is 6.99. The zero-order valence-electron chi connectivity index (χ0n) is 11.9. The second kappa shape index (κ2) is 7.06. The molecule has 2 aromatic rings. The van der Waals surface area contributed by atoms with E-state index in [1.165, 1.54) is 17.7 Å². The predicted octanol–water partition coefficient (Wildman–Crippen LogP) is 4.68. The van der Waals surface area contributed by atoms with Crippen LogP contribution in [0.1, 0.15) is 31.9 Å². The fourth-order valence-electron chi connectivity index (χ4n) is 2.18. The predicted molar refractivity (Wildman–Crippen MR) is 79.6 cm³/mol. The van der Waals surface area contributed by atoms with Crippen molar-refractivity contribution in [3.05, 3.63) is 59.9 Å². The first kappa shape index (κ1) is 14.5. The van der Waals surface area contributed by atoms with E-state index in [4.69, 9.17) is 4.74 Å². The van der Waals surface area contributed by atoms with Crippen molar-refractivity contribution in [3.8, 4) is 11.5 Å². The van der Waals surface area contributed by atoms with Gasteiger partial charge in [-0.05, 0) is 42.8 Å². The van der Waals surface area contributed by atoms with Gasteiger partial charge in [-0.2, -0.15) is 0 Å². The second-order valence-corrected chi connectivity index (χ2v) is 4.65. The number of benzene rings is 2. The summed E-state index contributed by atoms with van der Waals surface area (Å²) in [4.78, 5) is 0. The van der Waals surface area contributed by atoms with Crippen molar-refractivity contribution in [1.82, 2.24) is 5.32 Å². The Labute approximate surface area is 119 Å². The second-order valence-electron chi connectivity index (χ2n) is 4.65. The number of ether oxygens (including phenoxy) is 1. The lowest BCUT2D eigenvalue weighted by molar-refractivity contribution is 0.475. The lowest BCUT2D eigenvalue weighted by atomic mass is 10.0. The number of halogens is 1. The van der Waals surface area contributed by atoms with E-state index < -0.39 is 0 Å². The van der Waals surface area contributed by atoms with Crippen molar-refractivity contribution in [2.24, 2.45) is 0 Å². The van der Waals surface area contributed by atoms with Gasteiger partial charge in [-0.1, -0.05) is 32.0 Å². The highest BCUT2D eigenvalue weighted by Gasteiger charge is 2.07. The summed E-state index contributed by atoms with van der Waals surface area (Å²) in [5.74, 6) is 0.930. The van der Waals surface area contributed by atoms with Gasteiger partial charge in [-0.15, -0.1) is 0 Å². The van der Waals surface area contributed by atoms with Crippen molar-refractivity contribution in [2.45, 2.75) is 26.3 Å². The van der Waals surface area contributed by atoms with Crippen LogP contribution < -0.4 is 10.1 Å². The first-order valence-corrected chi connectivity index (χ1v) is 6.99. The molecular formula is C17H20FNO. The van der Waals surface area contributed by atoms with E-state index in [2.05, 4.69) is 19.2 Å². The minimum absolute atomic E-state index is 0.294. The van der Waals surface area contributed by atoms with Crippen LogP contribution in [0.3, 0.4) is 0 Å². The molecule has 0 fully saturated rings. The first-order chi connectivity index (χ1) is 9.72. The van der Waals surface area contributed by atoms with Crippen LogP contribution in [0.15, 0.2) is 48.5 Å². The van der Waals surface area contributed by atoms with Gasteiger partial charge in [0.2, 0.25) is 0 Å². The van der Waals surface area contributed by atoms with Gasteiger partial charge in [-0.25, -0.2) is 4.39 Å². The van der Waals surface area contributed by atoms with Gasteiger partial charge in [0.15, 0.2) is 0 Å². The molecule has 3 heteroatoms. The van der Waals surface area contributed by atoms with Crippen molar-refractivity contribution in [2.75, 3.05) is 6.54 Å². The maximum atomic E-state index is 13.1. The smallest absolute Gasteiger partial charge is 0.130 e. The molecule has 0 aliphatic heterocycles. The third-order valence-corrected chi connectivity index (χ3v) is 3.17. The molecular weight excluding hydrogens is 253 g/mol. The standard InChI is InChI=1S/C17H20FNO/c1-3-17(19-4-2)13-8-10-15(11-9-13)20-16-7-5-6-14(18)12-16/h5-12,17,19H,3-4H2,1-2H3. The van der Waals surface area contributed by atoms with E-state index >= 15 is 0 Å². The fourth-order valence-corrected chi connectivity index (χ4v) is 2.18. The van der Waals surface area contributed by atoms with E-state index in [9.17, 15) is 4.39 Å². The third-order valence-electron chi connectivity index (χ3n) is 3.17. The van der Waals surface area contributed by atoms with Gasteiger partial charge >= 0.3 is 0 Å². The van der Waals surface area contributed by atoms with Crippen LogP contribution in [0.5, 0.6) is 11.5 Å². The van der Waals surface area contributed by atoms with Crippen LogP contribution in [0.2, 0.25) is 0 Å². The minimum atomic E-state index is -0.294. The van der Waals surface area contributed by atoms with E-state index in [0.717, 1.165) is 13.0 Å². The van der Waals surface area contributed by atoms with Gasteiger partial charge in [-0.3, -0.25) is 0 Å². The zero-order valence-corrected chi connectivity index (χ0v) is 11.9. The Balaban J connectivity index is 2.08. The molecule has 2 aromatic carbocycles. The topological polar surface area (TPSA) is 21.3 Å². The van der Waals surface area contributed by atoms with E-state index in [1.54, 1.807) is 12.1 Å². The maximum absolute atomic E-state index is 13.1. The highest BCUT2D eigenvalue weighted by molar-refractivity contribution is 5.34. The molecule has 0 aliphatic carbocycles. The Morgan fingerprint density at radius 3 is 2.40 bits per heavy atom. The monoisotopic (exact) mass is 273 g/mol. The van der Waals surface area contributed by atoms with Crippen molar-refractivity contribution >= 4 is 0 Å². The third kappa shape index (κ3) is 3.81. The highest BCUT2D eigenvalue weighted by atomic mass is 19.1. The Hall–Kier alpha value is -1.87. The van der Waals surface area contributed by atoms with Crippen molar-refractivity contribution in [1.29, 1.82) is 0 Å². The Bertz CT molecular complexity index is 539. The highest BCUT2D eigenvalue weighted by Crippen LogP contribution is 2.24. The summed E-state index contributed by atoms with van der Waals surface area (Å²) in [6.07, 6.45) is 1.04. The molecule has 1 N–H and O–H groups in total. The number of hydrogen-bond acceptors (Lipinski definition) is 2. The molecule has 0 aliphatic rings. The van der Waals surface area contributed by atoms with Gasteiger partial charge in [0.05, 0.1) is 0 Å². The van der Waals surface area contributed by atoms with Gasteiger partial charge in [0, 0.05) is 12.1 Å². The molecule has 0 radical (unpaired) electrons. The van der Waals surface area contributed by atoms with E-state index in [1.807, 2.05) is 24.3 Å². The van der Waals surface area contributed by atoms with Gasteiger partial charge in [0.25, 0.3) is 0 Å². The molecule has 0 amide bonds. The summed E-state index contributed by atoms with van der Waals surface area (Å²) in [7, 11) is 0. The Morgan fingerprint density at radius 1 is 1.05 bits per heavy atom. The van der Waals surface area contributed by atoms with E-state index in [-0.39, 0.29) is 5.82 Å². The fraction of sp³-hybridized carbons (Fsp3) is 0.294. The lowest BCUT2D eigenvalue weighted by Gasteiger charge is -2.16. The average Bonchev–Trinajstić information content (AvgIpc) is 2.46. The molecule has 0 bridgehead atoms.